The van der Waals surface area contributed by atoms with E-state index < -0.39 is 14.9 Å². The Bertz CT molecular complexity index is 1090. The van der Waals surface area contributed by atoms with Crippen LogP contribution in [0.1, 0.15) is 29.6 Å². The predicted molar refractivity (Wildman–Crippen MR) is 120 cm³/mol. The first-order valence-electron chi connectivity index (χ1n) is 10.8. The predicted octanol–water partition coefficient (Wildman–Crippen LogP) is 2.73. The molecule has 10 heteroatoms. The summed E-state index contributed by atoms with van der Waals surface area (Å²) >= 11 is 0. The Labute approximate surface area is 187 Å². The molecule has 0 aromatic heterocycles. The average Bonchev–Trinajstić information content (AvgIpc) is 2.84. The van der Waals surface area contributed by atoms with Gasteiger partial charge in [0.25, 0.3) is 11.6 Å². The number of carbonyl (C=O) groups excluding carboxylic acids is 1. The summed E-state index contributed by atoms with van der Waals surface area (Å²) in [5, 5.41) is 10.8. The van der Waals surface area contributed by atoms with Crippen LogP contribution in [0.25, 0.3) is 0 Å². The third-order valence-corrected chi connectivity index (χ3v) is 8.00. The van der Waals surface area contributed by atoms with E-state index in [4.69, 9.17) is 0 Å². The second-order valence-corrected chi connectivity index (χ2v) is 9.92. The zero-order chi connectivity index (χ0) is 22.7. The molecule has 9 nitrogen and oxygen atoms in total. The molecule has 2 aliphatic heterocycles. The highest BCUT2D eigenvalue weighted by molar-refractivity contribution is 7.89. The van der Waals surface area contributed by atoms with Crippen molar-refractivity contribution in [3.8, 4) is 0 Å². The summed E-state index contributed by atoms with van der Waals surface area (Å²) in [6.45, 7) is 2.97. The quantitative estimate of drug-likeness (QED) is 0.504. The van der Waals surface area contributed by atoms with E-state index in [0.717, 1.165) is 24.9 Å². The lowest BCUT2D eigenvalue weighted by molar-refractivity contribution is -0.384. The Morgan fingerprint density at radius 3 is 2.09 bits per heavy atom. The molecule has 0 saturated carbocycles. The van der Waals surface area contributed by atoms with Gasteiger partial charge in [-0.2, -0.15) is 4.31 Å². The number of nitro groups is 1. The third kappa shape index (κ3) is 4.46. The molecule has 0 aliphatic carbocycles. The molecule has 0 spiro atoms. The van der Waals surface area contributed by atoms with Crippen molar-refractivity contribution >= 4 is 27.3 Å². The number of non-ortho nitro benzene ring substituents is 1. The molecule has 2 aliphatic rings. The highest BCUT2D eigenvalue weighted by atomic mass is 32.2. The van der Waals surface area contributed by atoms with E-state index in [0.29, 0.717) is 39.3 Å². The number of rotatable bonds is 5. The summed E-state index contributed by atoms with van der Waals surface area (Å²) < 4.78 is 27.9. The van der Waals surface area contributed by atoms with Crippen LogP contribution in [0.3, 0.4) is 0 Å². The summed E-state index contributed by atoms with van der Waals surface area (Å²) in [7, 11) is -3.72. The number of carbonyl (C=O) groups is 1. The summed E-state index contributed by atoms with van der Waals surface area (Å²) in [5.74, 6) is -0.287. The summed E-state index contributed by atoms with van der Waals surface area (Å²) in [4.78, 5) is 27.5. The maximum Gasteiger partial charge on any atom is 0.269 e. The topological polar surface area (TPSA) is 104 Å². The molecular formula is C22H26N4O5S. The number of amides is 1. The second-order valence-electron chi connectivity index (χ2n) is 8.01. The average molecular weight is 459 g/mol. The van der Waals surface area contributed by atoms with E-state index in [9.17, 15) is 23.3 Å². The Morgan fingerprint density at radius 2 is 1.47 bits per heavy atom. The van der Waals surface area contributed by atoms with E-state index >= 15 is 0 Å². The molecule has 2 saturated heterocycles. The van der Waals surface area contributed by atoms with Gasteiger partial charge in [-0.05, 0) is 37.1 Å². The maximum atomic E-state index is 13.3. The van der Waals surface area contributed by atoms with Crippen LogP contribution in [0.4, 0.5) is 11.4 Å². The minimum Gasteiger partial charge on any atom is -0.368 e. The standard InChI is InChI=1S/C22H26N4O5S/c27-22(20-6-2-3-7-21(20)32(30,31)25-12-4-1-5-13-25)24-16-14-23(15-17-24)18-8-10-19(11-9-18)26(28)29/h2-3,6-11H,1,4-5,12-17H2. The molecule has 2 aromatic rings. The van der Waals surface area contributed by atoms with E-state index in [1.54, 1.807) is 35.2 Å². The Hall–Kier alpha value is -2.98. The molecule has 0 radical (unpaired) electrons. The Balaban J connectivity index is 1.47. The van der Waals surface area contributed by atoms with E-state index in [2.05, 4.69) is 4.90 Å². The summed E-state index contributed by atoms with van der Waals surface area (Å²) in [6, 6.07) is 12.8. The van der Waals surface area contributed by atoms with Gasteiger partial charge in [-0.1, -0.05) is 18.6 Å². The fraction of sp³-hybridized carbons (Fsp3) is 0.409. The van der Waals surface area contributed by atoms with Gasteiger partial charge in [0, 0.05) is 57.1 Å². The van der Waals surface area contributed by atoms with Gasteiger partial charge in [-0.3, -0.25) is 14.9 Å². The largest absolute Gasteiger partial charge is 0.368 e. The summed E-state index contributed by atoms with van der Waals surface area (Å²) in [6.07, 6.45) is 2.69. The van der Waals surface area contributed by atoms with E-state index in [1.165, 1.54) is 22.5 Å². The van der Waals surface area contributed by atoms with Gasteiger partial charge in [0.05, 0.1) is 15.4 Å². The highest BCUT2D eigenvalue weighted by Gasteiger charge is 2.32. The number of nitrogens with zero attached hydrogens (tertiary/aromatic N) is 4. The van der Waals surface area contributed by atoms with Gasteiger partial charge in [0.2, 0.25) is 10.0 Å². The smallest absolute Gasteiger partial charge is 0.269 e. The zero-order valence-electron chi connectivity index (χ0n) is 17.7. The number of hydrogen-bond acceptors (Lipinski definition) is 6. The number of piperidine rings is 1. The van der Waals surface area contributed by atoms with Crippen molar-refractivity contribution in [2.24, 2.45) is 0 Å². The van der Waals surface area contributed by atoms with Gasteiger partial charge in [0.15, 0.2) is 0 Å². The van der Waals surface area contributed by atoms with Crippen LogP contribution < -0.4 is 4.90 Å². The van der Waals surface area contributed by atoms with Crippen molar-refractivity contribution in [1.29, 1.82) is 0 Å². The molecule has 170 valence electrons. The lowest BCUT2D eigenvalue weighted by atomic mass is 10.1. The van der Waals surface area contributed by atoms with Crippen LogP contribution in [-0.2, 0) is 10.0 Å². The van der Waals surface area contributed by atoms with Crippen molar-refractivity contribution < 1.29 is 18.1 Å². The lowest BCUT2D eigenvalue weighted by Gasteiger charge is -2.36. The third-order valence-electron chi connectivity index (χ3n) is 6.04. The van der Waals surface area contributed by atoms with Crippen molar-refractivity contribution in [3.63, 3.8) is 0 Å². The van der Waals surface area contributed by atoms with Gasteiger partial charge >= 0.3 is 0 Å². The Kier molecular flexibility index (Phi) is 6.43. The van der Waals surface area contributed by atoms with Crippen molar-refractivity contribution in [1.82, 2.24) is 9.21 Å². The van der Waals surface area contributed by atoms with Crippen LogP contribution in [-0.4, -0.2) is 67.7 Å². The first-order valence-corrected chi connectivity index (χ1v) is 12.2. The van der Waals surface area contributed by atoms with Gasteiger partial charge < -0.3 is 9.80 Å². The molecule has 2 aromatic carbocycles. The Morgan fingerprint density at radius 1 is 0.844 bits per heavy atom. The molecule has 0 unspecified atom stereocenters. The van der Waals surface area contributed by atoms with Crippen LogP contribution >= 0.6 is 0 Å². The monoisotopic (exact) mass is 458 g/mol. The number of piperazine rings is 1. The first-order chi connectivity index (χ1) is 15.4. The lowest BCUT2D eigenvalue weighted by Crippen LogP contribution is -2.49. The van der Waals surface area contributed by atoms with Crippen LogP contribution in [0.5, 0.6) is 0 Å². The molecular weight excluding hydrogens is 432 g/mol. The fourth-order valence-corrected chi connectivity index (χ4v) is 5.94. The van der Waals surface area contributed by atoms with E-state index in [1.807, 2.05) is 0 Å². The summed E-state index contributed by atoms with van der Waals surface area (Å²) in [5.41, 5.74) is 1.10. The second kappa shape index (κ2) is 9.25. The number of anilines is 1. The number of hydrogen-bond donors (Lipinski definition) is 0. The highest BCUT2D eigenvalue weighted by Crippen LogP contribution is 2.26. The molecule has 4 rings (SSSR count). The molecule has 0 bridgehead atoms. The zero-order valence-corrected chi connectivity index (χ0v) is 18.5. The van der Waals surface area contributed by atoms with Crippen LogP contribution in [0, 0.1) is 10.1 Å². The number of benzene rings is 2. The van der Waals surface area contributed by atoms with Gasteiger partial charge in [-0.15, -0.1) is 0 Å². The minimum atomic E-state index is -3.72. The molecule has 32 heavy (non-hydrogen) atoms. The van der Waals surface area contributed by atoms with Gasteiger partial charge in [-0.25, -0.2) is 8.42 Å². The molecule has 0 N–H and O–H groups in total. The maximum absolute atomic E-state index is 13.3. The van der Waals surface area contributed by atoms with Crippen molar-refractivity contribution in [3.05, 3.63) is 64.2 Å². The van der Waals surface area contributed by atoms with Crippen LogP contribution in [0.15, 0.2) is 53.4 Å². The minimum absolute atomic E-state index is 0.0362. The fourth-order valence-electron chi connectivity index (χ4n) is 4.24. The van der Waals surface area contributed by atoms with Crippen LogP contribution in [0.2, 0.25) is 0 Å². The SMILES string of the molecule is O=C(c1ccccc1S(=O)(=O)N1CCCCC1)N1CCN(c2ccc([N+](=O)[O-])cc2)CC1. The van der Waals surface area contributed by atoms with Crippen molar-refractivity contribution in [2.45, 2.75) is 24.2 Å². The normalized spacial score (nSPS) is 17.9. The van der Waals surface area contributed by atoms with E-state index in [-0.39, 0.29) is 22.1 Å². The molecule has 0 atom stereocenters. The van der Waals surface area contributed by atoms with Crippen molar-refractivity contribution in [2.75, 3.05) is 44.2 Å². The first kappa shape index (κ1) is 22.2. The van der Waals surface area contributed by atoms with Gasteiger partial charge in [0.1, 0.15) is 0 Å². The molecule has 2 fully saturated rings. The number of nitro benzene ring substituents is 1. The number of sulfonamides is 1. The molecule has 2 heterocycles. The molecule has 1 amide bonds.